The first-order valence-electron chi connectivity index (χ1n) is 9.89. The average molecular weight is 436 g/mol. The Morgan fingerprint density at radius 3 is 2.68 bits per heavy atom. The number of aromatic nitrogens is 3. The molecule has 0 radical (unpaired) electrons. The molecular weight excluding hydrogens is 414 g/mol. The maximum absolute atomic E-state index is 13.4. The van der Waals surface area contributed by atoms with Crippen LogP contribution in [0, 0.1) is 6.92 Å². The molecule has 0 unspecified atom stereocenters. The summed E-state index contributed by atoms with van der Waals surface area (Å²) in [5.41, 5.74) is 2.62. The number of benzene rings is 1. The van der Waals surface area contributed by atoms with Crippen molar-refractivity contribution in [2.45, 2.75) is 20.0 Å². The van der Waals surface area contributed by atoms with Crippen molar-refractivity contribution in [3.05, 3.63) is 70.5 Å². The molecule has 0 spiro atoms. The van der Waals surface area contributed by atoms with E-state index in [9.17, 15) is 13.2 Å². The fraction of sp³-hybridized carbons (Fsp3) is 0.227. The van der Waals surface area contributed by atoms with E-state index in [0.29, 0.717) is 28.5 Å². The fourth-order valence-electron chi connectivity index (χ4n) is 4.06. The Bertz CT molecular complexity index is 1510. The van der Waals surface area contributed by atoms with Crippen LogP contribution in [0.15, 0.2) is 53.6 Å². The van der Waals surface area contributed by atoms with Gasteiger partial charge in [-0.15, -0.1) is 0 Å². The summed E-state index contributed by atoms with van der Waals surface area (Å²) in [7, 11) is -3.44. The van der Waals surface area contributed by atoms with E-state index in [1.807, 2.05) is 25.1 Å². The molecule has 0 aliphatic carbocycles. The molecule has 0 saturated heterocycles. The zero-order valence-electron chi connectivity index (χ0n) is 17.2. The standard InChI is InChI=1S/C22H21N5O3S/c1-14-12-27-8-7-26(13-21(27)24-14)17-10-19-20(23-11-17)6-4-15-3-5-16(25-31(2,29)30)9-18(15)22(19)28/h3-6,9-12,25H,7-8,13H2,1-2H3. The van der Waals surface area contributed by atoms with Crippen molar-refractivity contribution < 1.29 is 8.42 Å². The highest BCUT2D eigenvalue weighted by molar-refractivity contribution is 7.92. The molecule has 0 fully saturated rings. The zero-order chi connectivity index (χ0) is 21.8. The minimum Gasteiger partial charge on any atom is -0.361 e. The second-order valence-corrected chi connectivity index (χ2v) is 9.63. The SMILES string of the molecule is Cc1cn2c(n1)CN(c1cnc3ccc4ccc(NS(C)(=O)=O)cc4c(=O)c3c1)CC2. The van der Waals surface area contributed by atoms with Crippen molar-refractivity contribution >= 4 is 43.1 Å². The first-order chi connectivity index (χ1) is 14.8. The monoisotopic (exact) mass is 435 g/mol. The van der Waals surface area contributed by atoms with Gasteiger partial charge in [0, 0.05) is 30.4 Å². The Morgan fingerprint density at radius 2 is 1.87 bits per heavy atom. The van der Waals surface area contributed by atoms with Crippen molar-refractivity contribution in [1.82, 2.24) is 14.5 Å². The molecule has 0 bridgehead atoms. The third kappa shape index (κ3) is 3.72. The van der Waals surface area contributed by atoms with Gasteiger partial charge in [0.2, 0.25) is 10.0 Å². The van der Waals surface area contributed by atoms with Crippen molar-refractivity contribution in [2.24, 2.45) is 0 Å². The predicted molar refractivity (Wildman–Crippen MR) is 122 cm³/mol. The van der Waals surface area contributed by atoms with E-state index in [0.717, 1.165) is 41.9 Å². The summed E-state index contributed by atoms with van der Waals surface area (Å²) in [6.45, 7) is 4.25. The summed E-state index contributed by atoms with van der Waals surface area (Å²) in [6, 6.07) is 10.5. The van der Waals surface area contributed by atoms with E-state index in [1.54, 1.807) is 24.4 Å². The summed E-state index contributed by atoms with van der Waals surface area (Å²) in [5, 5.41) is 1.65. The van der Waals surface area contributed by atoms with Crippen molar-refractivity contribution in [3.63, 3.8) is 0 Å². The Labute approximate surface area is 179 Å². The summed E-state index contributed by atoms with van der Waals surface area (Å²) < 4.78 is 27.8. The van der Waals surface area contributed by atoms with Crippen LogP contribution < -0.4 is 15.1 Å². The number of sulfonamides is 1. The Morgan fingerprint density at radius 1 is 1.06 bits per heavy atom. The van der Waals surface area contributed by atoms with Gasteiger partial charge in [0.1, 0.15) is 5.82 Å². The molecule has 158 valence electrons. The molecule has 1 aliphatic rings. The molecule has 8 nitrogen and oxygen atoms in total. The van der Waals surface area contributed by atoms with E-state index >= 15 is 0 Å². The number of aryl methyl sites for hydroxylation is 1. The molecule has 0 amide bonds. The maximum atomic E-state index is 13.4. The second-order valence-electron chi connectivity index (χ2n) is 7.88. The predicted octanol–water partition coefficient (Wildman–Crippen LogP) is 2.64. The van der Waals surface area contributed by atoms with Crippen molar-refractivity contribution in [2.75, 3.05) is 22.4 Å². The van der Waals surface area contributed by atoms with Crippen LogP contribution in [0.4, 0.5) is 11.4 Å². The molecule has 0 atom stereocenters. The van der Waals surface area contributed by atoms with Gasteiger partial charge >= 0.3 is 0 Å². The van der Waals surface area contributed by atoms with Gasteiger partial charge in [-0.1, -0.05) is 12.1 Å². The largest absolute Gasteiger partial charge is 0.361 e. The second kappa shape index (κ2) is 7.05. The van der Waals surface area contributed by atoms with Gasteiger partial charge < -0.3 is 9.47 Å². The Hall–Kier alpha value is -3.46. The van der Waals surface area contributed by atoms with Crippen LogP contribution in [0.5, 0.6) is 0 Å². The molecule has 2 aromatic heterocycles. The van der Waals surface area contributed by atoms with Crippen molar-refractivity contribution in [3.8, 4) is 0 Å². The molecule has 3 heterocycles. The van der Waals surface area contributed by atoms with E-state index in [-0.39, 0.29) is 5.43 Å². The van der Waals surface area contributed by atoms with Gasteiger partial charge in [-0.3, -0.25) is 14.5 Å². The summed E-state index contributed by atoms with van der Waals surface area (Å²) in [5.74, 6) is 0.992. The molecule has 1 aliphatic heterocycles. The minimum atomic E-state index is -3.44. The molecule has 2 aromatic carbocycles. The molecule has 0 saturated carbocycles. The lowest BCUT2D eigenvalue weighted by Crippen LogP contribution is -2.33. The summed E-state index contributed by atoms with van der Waals surface area (Å²) in [6.07, 6.45) is 4.92. The number of imidazole rings is 1. The minimum absolute atomic E-state index is 0.184. The fourth-order valence-corrected chi connectivity index (χ4v) is 4.61. The summed E-state index contributed by atoms with van der Waals surface area (Å²) >= 11 is 0. The first-order valence-corrected chi connectivity index (χ1v) is 11.8. The molecule has 4 aromatic rings. The van der Waals surface area contributed by atoms with Crippen LogP contribution in [0.1, 0.15) is 11.5 Å². The van der Waals surface area contributed by atoms with E-state index in [4.69, 9.17) is 0 Å². The maximum Gasteiger partial charge on any atom is 0.229 e. The van der Waals surface area contributed by atoms with Gasteiger partial charge in [0.25, 0.3) is 0 Å². The normalized spacial score (nSPS) is 14.1. The Balaban J connectivity index is 1.62. The van der Waals surface area contributed by atoms with Crippen LogP contribution in [-0.2, 0) is 23.1 Å². The number of rotatable bonds is 3. The Kier molecular flexibility index (Phi) is 4.44. The van der Waals surface area contributed by atoms with Gasteiger partial charge in [-0.25, -0.2) is 13.4 Å². The molecular formula is C22H21N5O3S. The number of pyridine rings is 1. The number of hydrogen-bond donors (Lipinski definition) is 1. The molecule has 9 heteroatoms. The number of hydrogen-bond acceptors (Lipinski definition) is 6. The van der Waals surface area contributed by atoms with E-state index < -0.39 is 10.0 Å². The number of nitrogens with zero attached hydrogens (tertiary/aromatic N) is 4. The average Bonchev–Trinajstić information content (AvgIpc) is 3.03. The highest BCUT2D eigenvalue weighted by Crippen LogP contribution is 2.24. The van der Waals surface area contributed by atoms with E-state index in [1.165, 1.54) is 0 Å². The number of anilines is 2. The number of fused-ring (bicyclic) bond motifs is 3. The highest BCUT2D eigenvalue weighted by atomic mass is 32.2. The zero-order valence-corrected chi connectivity index (χ0v) is 18.0. The molecule has 5 rings (SSSR count). The van der Waals surface area contributed by atoms with Crippen LogP contribution in [0.25, 0.3) is 21.7 Å². The lowest BCUT2D eigenvalue weighted by molar-refractivity contribution is 0.560. The van der Waals surface area contributed by atoms with Gasteiger partial charge in [-0.05, 0) is 36.6 Å². The first kappa shape index (κ1) is 19.5. The quantitative estimate of drug-likeness (QED) is 0.531. The van der Waals surface area contributed by atoms with Gasteiger partial charge in [0.05, 0.1) is 41.3 Å². The van der Waals surface area contributed by atoms with Crippen LogP contribution in [0.2, 0.25) is 0 Å². The van der Waals surface area contributed by atoms with E-state index in [2.05, 4.69) is 30.4 Å². The summed E-state index contributed by atoms with van der Waals surface area (Å²) in [4.78, 5) is 24.7. The van der Waals surface area contributed by atoms with Gasteiger partial charge in [0.15, 0.2) is 5.43 Å². The topological polar surface area (TPSA) is 97.2 Å². The van der Waals surface area contributed by atoms with Crippen LogP contribution in [-0.4, -0.2) is 35.8 Å². The molecule has 1 N–H and O–H groups in total. The highest BCUT2D eigenvalue weighted by Gasteiger charge is 2.19. The third-order valence-corrected chi connectivity index (χ3v) is 6.06. The van der Waals surface area contributed by atoms with Gasteiger partial charge in [-0.2, -0.15) is 0 Å². The number of nitrogens with one attached hydrogen (secondary N) is 1. The lowest BCUT2D eigenvalue weighted by Gasteiger charge is -2.29. The molecule has 31 heavy (non-hydrogen) atoms. The van der Waals surface area contributed by atoms with Crippen LogP contribution in [0.3, 0.4) is 0 Å². The lowest BCUT2D eigenvalue weighted by atomic mass is 10.1. The third-order valence-electron chi connectivity index (χ3n) is 5.46. The van der Waals surface area contributed by atoms with Crippen LogP contribution >= 0.6 is 0 Å². The smallest absolute Gasteiger partial charge is 0.229 e. The van der Waals surface area contributed by atoms with Crippen molar-refractivity contribution in [1.29, 1.82) is 0 Å².